The number of hydrogen-bond acceptors (Lipinski definition) is 4. The molecule has 1 aliphatic heterocycles. The number of hydrogen-bond donors (Lipinski definition) is 1. The van der Waals surface area contributed by atoms with Crippen LogP contribution in [0.25, 0.3) is 0 Å². The summed E-state index contributed by atoms with van der Waals surface area (Å²) in [6, 6.07) is 0.826. The highest BCUT2D eigenvalue weighted by atomic mass is 16.5. The highest BCUT2D eigenvalue weighted by Crippen LogP contribution is 2.27. The van der Waals surface area contributed by atoms with Crippen LogP contribution >= 0.6 is 0 Å². The number of carbonyl (C=O) groups excluding carboxylic acids is 2. The van der Waals surface area contributed by atoms with E-state index in [-0.39, 0.29) is 17.2 Å². The topological polar surface area (TPSA) is 75.4 Å². The molecule has 0 aromatic carbocycles. The molecule has 1 saturated heterocycles. The molecule has 2 rings (SSSR count). The van der Waals surface area contributed by atoms with Crippen LogP contribution in [0.1, 0.15) is 45.6 Å². The lowest BCUT2D eigenvalue weighted by molar-refractivity contribution is -0.153. The van der Waals surface area contributed by atoms with E-state index < -0.39 is 12.1 Å². The monoisotopic (exact) mass is 293 g/mol. The quantitative estimate of drug-likeness (QED) is 0.919. The Morgan fingerprint density at radius 3 is 2.52 bits per heavy atom. The number of piperazine rings is 1. The molecule has 0 radical (unpaired) electrons. The van der Waals surface area contributed by atoms with Crippen molar-refractivity contribution in [3.8, 4) is 0 Å². The highest BCUT2D eigenvalue weighted by Gasteiger charge is 2.44. The summed E-state index contributed by atoms with van der Waals surface area (Å²) in [6.45, 7) is 9.84. The van der Waals surface area contributed by atoms with Crippen molar-refractivity contribution in [2.24, 2.45) is 5.41 Å². The Hall–Kier alpha value is -1.85. The number of aryl methyl sites for hydroxylation is 1. The summed E-state index contributed by atoms with van der Waals surface area (Å²) in [7, 11) is 0. The number of amides is 2. The third kappa shape index (κ3) is 3.09. The van der Waals surface area contributed by atoms with Gasteiger partial charge in [-0.1, -0.05) is 32.9 Å². The second-order valence-corrected chi connectivity index (χ2v) is 6.63. The minimum Gasteiger partial charge on any atom is -0.361 e. The van der Waals surface area contributed by atoms with E-state index in [1.165, 1.54) is 0 Å². The van der Waals surface area contributed by atoms with Crippen LogP contribution < -0.4 is 5.32 Å². The van der Waals surface area contributed by atoms with Gasteiger partial charge in [-0.15, -0.1) is 0 Å². The van der Waals surface area contributed by atoms with Gasteiger partial charge in [-0.2, -0.15) is 0 Å². The molecule has 2 unspecified atom stereocenters. The number of nitrogens with zero attached hydrogens (tertiary/aromatic N) is 2. The molecular weight excluding hydrogens is 270 g/mol. The third-order valence-corrected chi connectivity index (χ3v) is 3.76. The van der Waals surface area contributed by atoms with Crippen molar-refractivity contribution in [3.05, 3.63) is 17.5 Å². The molecule has 6 nitrogen and oxygen atoms in total. The van der Waals surface area contributed by atoms with Crippen molar-refractivity contribution in [2.45, 2.75) is 59.7 Å². The summed E-state index contributed by atoms with van der Waals surface area (Å²) in [5.41, 5.74) is 0.338. The first-order valence-corrected chi connectivity index (χ1v) is 7.27. The molecule has 1 aliphatic rings. The van der Waals surface area contributed by atoms with Gasteiger partial charge in [0.2, 0.25) is 11.8 Å². The first-order valence-electron chi connectivity index (χ1n) is 7.27. The lowest BCUT2D eigenvalue weighted by atomic mass is 9.83. The molecule has 116 valence electrons. The number of carbonyl (C=O) groups is 2. The summed E-state index contributed by atoms with van der Waals surface area (Å²) in [6.07, 6.45) is 0.575. The molecule has 1 fully saturated rings. The second kappa shape index (κ2) is 5.50. The van der Waals surface area contributed by atoms with Gasteiger partial charge in [0, 0.05) is 6.07 Å². The van der Waals surface area contributed by atoms with Gasteiger partial charge in [0.15, 0.2) is 0 Å². The molecule has 0 aliphatic carbocycles. The van der Waals surface area contributed by atoms with Crippen molar-refractivity contribution < 1.29 is 14.1 Å². The molecule has 1 aromatic rings. The Labute approximate surface area is 124 Å². The first kappa shape index (κ1) is 15.5. The Kier molecular flexibility index (Phi) is 4.07. The van der Waals surface area contributed by atoms with Crippen LogP contribution in [0.2, 0.25) is 0 Å². The molecule has 6 heteroatoms. The standard InChI is InChI=1S/C15H23N3O3/c1-6-11-13(19)16-12(15(3,4)5)14(20)18(11)8-10-7-9(2)21-17-10/h7,11-12H,6,8H2,1-5H3,(H,16,19). The normalized spacial score (nSPS) is 23.4. The zero-order valence-electron chi connectivity index (χ0n) is 13.3. The van der Waals surface area contributed by atoms with Gasteiger partial charge in [-0.3, -0.25) is 9.59 Å². The molecule has 1 aromatic heterocycles. The maximum Gasteiger partial charge on any atom is 0.246 e. The molecule has 1 N–H and O–H groups in total. The van der Waals surface area contributed by atoms with Gasteiger partial charge in [0.25, 0.3) is 0 Å². The summed E-state index contributed by atoms with van der Waals surface area (Å²) in [5, 5.41) is 6.78. The average molecular weight is 293 g/mol. The molecule has 2 amide bonds. The van der Waals surface area contributed by atoms with Crippen molar-refractivity contribution in [1.82, 2.24) is 15.4 Å². The second-order valence-electron chi connectivity index (χ2n) is 6.63. The SMILES string of the molecule is CCC1C(=O)NC(C(C)(C)C)C(=O)N1Cc1cc(C)on1. The summed E-state index contributed by atoms with van der Waals surface area (Å²) in [4.78, 5) is 26.7. The molecule has 0 saturated carbocycles. The van der Waals surface area contributed by atoms with Crippen molar-refractivity contribution >= 4 is 11.8 Å². The zero-order valence-corrected chi connectivity index (χ0v) is 13.3. The lowest BCUT2D eigenvalue weighted by Gasteiger charge is -2.42. The fourth-order valence-corrected chi connectivity index (χ4v) is 2.61. The molecule has 21 heavy (non-hydrogen) atoms. The van der Waals surface area contributed by atoms with Crippen LogP contribution in [0, 0.1) is 12.3 Å². The van der Waals surface area contributed by atoms with Gasteiger partial charge in [-0.25, -0.2) is 0 Å². The summed E-state index contributed by atoms with van der Waals surface area (Å²) in [5.74, 6) is 0.533. The minimum absolute atomic E-state index is 0.0606. The minimum atomic E-state index is -0.513. The molecule has 2 heterocycles. The highest BCUT2D eigenvalue weighted by molar-refractivity contribution is 5.97. The van der Waals surface area contributed by atoms with E-state index in [9.17, 15) is 9.59 Å². The first-order chi connectivity index (χ1) is 9.74. The van der Waals surface area contributed by atoms with Gasteiger partial charge in [0.05, 0.1) is 6.54 Å². The Balaban J connectivity index is 2.28. The average Bonchev–Trinajstić information content (AvgIpc) is 2.78. The van der Waals surface area contributed by atoms with Crippen LogP contribution in [-0.4, -0.2) is 34.0 Å². The molecule has 0 spiro atoms. The van der Waals surface area contributed by atoms with Gasteiger partial charge < -0.3 is 14.7 Å². The maximum atomic E-state index is 12.8. The Morgan fingerprint density at radius 1 is 1.38 bits per heavy atom. The van der Waals surface area contributed by atoms with Crippen LogP contribution in [0.15, 0.2) is 10.6 Å². The fraction of sp³-hybridized carbons (Fsp3) is 0.667. The Morgan fingerprint density at radius 2 is 2.05 bits per heavy atom. The predicted molar refractivity (Wildman–Crippen MR) is 77.3 cm³/mol. The van der Waals surface area contributed by atoms with Crippen LogP contribution in [0.5, 0.6) is 0 Å². The lowest BCUT2D eigenvalue weighted by Crippen LogP contribution is -2.66. The number of aromatic nitrogens is 1. The van der Waals surface area contributed by atoms with E-state index in [1.54, 1.807) is 17.9 Å². The molecular formula is C15H23N3O3. The van der Waals surface area contributed by atoms with Crippen LogP contribution in [0.4, 0.5) is 0 Å². The van der Waals surface area contributed by atoms with E-state index in [0.717, 1.165) is 0 Å². The van der Waals surface area contributed by atoms with E-state index in [1.807, 2.05) is 27.7 Å². The summed E-state index contributed by atoms with van der Waals surface area (Å²) >= 11 is 0. The number of nitrogens with one attached hydrogen (secondary N) is 1. The van der Waals surface area contributed by atoms with Gasteiger partial charge >= 0.3 is 0 Å². The van der Waals surface area contributed by atoms with E-state index >= 15 is 0 Å². The zero-order chi connectivity index (χ0) is 15.8. The smallest absolute Gasteiger partial charge is 0.246 e. The van der Waals surface area contributed by atoms with Crippen LogP contribution in [-0.2, 0) is 16.1 Å². The third-order valence-electron chi connectivity index (χ3n) is 3.76. The van der Waals surface area contributed by atoms with E-state index in [4.69, 9.17) is 4.52 Å². The predicted octanol–water partition coefficient (Wildman–Crippen LogP) is 1.63. The van der Waals surface area contributed by atoms with E-state index in [0.29, 0.717) is 24.4 Å². The molecule has 2 atom stereocenters. The van der Waals surface area contributed by atoms with Gasteiger partial charge in [-0.05, 0) is 18.8 Å². The van der Waals surface area contributed by atoms with Crippen molar-refractivity contribution in [1.29, 1.82) is 0 Å². The fourth-order valence-electron chi connectivity index (χ4n) is 2.61. The van der Waals surface area contributed by atoms with Crippen molar-refractivity contribution in [2.75, 3.05) is 0 Å². The number of rotatable bonds is 3. The molecule has 0 bridgehead atoms. The Bertz CT molecular complexity index is 545. The maximum absolute atomic E-state index is 12.8. The van der Waals surface area contributed by atoms with Crippen molar-refractivity contribution in [3.63, 3.8) is 0 Å². The summed E-state index contributed by atoms with van der Waals surface area (Å²) < 4.78 is 5.04. The van der Waals surface area contributed by atoms with Crippen LogP contribution in [0.3, 0.4) is 0 Å². The largest absolute Gasteiger partial charge is 0.361 e. The van der Waals surface area contributed by atoms with Gasteiger partial charge in [0.1, 0.15) is 23.5 Å². The van der Waals surface area contributed by atoms with E-state index in [2.05, 4.69) is 10.5 Å².